The minimum absolute atomic E-state index is 0.0938. The topological polar surface area (TPSA) is 52.0 Å². The lowest BCUT2D eigenvalue weighted by molar-refractivity contribution is 0.723. The summed E-state index contributed by atoms with van der Waals surface area (Å²) in [5.74, 6) is 0. The van der Waals surface area contributed by atoms with Gasteiger partial charge in [0.05, 0.1) is 0 Å². The zero-order valence-corrected chi connectivity index (χ0v) is 7.09. The van der Waals surface area contributed by atoms with Crippen LogP contribution in [0, 0.1) is 0 Å². The van der Waals surface area contributed by atoms with E-state index in [1.807, 2.05) is 24.3 Å². The fraction of sp³-hybridized carbons (Fsp3) is 0.250. The average molecular weight is 168 g/mol. The summed E-state index contributed by atoms with van der Waals surface area (Å²) in [5.41, 5.74) is 12.1. The third kappa shape index (κ3) is 1.96. The zero-order valence-electron chi connectivity index (χ0n) is 6.20. The molecule has 0 aromatic heterocycles. The van der Waals surface area contributed by atoms with E-state index in [1.54, 1.807) is 0 Å². The molecule has 0 bridgehead atoms. The minimum Gasteiger partial charge on any atom is -0.329 e. The molecular formula is C8H12N2S. The fourth-order valence-electron chi connectivity index (χ4n) is 0.928. The molecule has 1 atom stereocenters. The van der Waals surface area contributed by atoms with Crippen LogP contribution in [-0.2, 0) is 0 Å². The lowest BCUT2D eigenvalue weighted by atomic mass is 10.1. The van der Waals surface area contributed by atoms with Gasteiger partial charge in [-0.3, -0.25) is 0 Å². The standard InChI is InChI=1S/C8H12N2S/c9-5-7(10)6-3-1-2-4-8(6)11/h1-4,7,11H,5,9-10H2/t7-/m1/s1. The Hall–Kier alpha value is -0.510. The van der Waals surface area contributed by atoms with Crippen molar-refractivity contribution in [1.29, 1.82) is 0 Å². The summed E-state index contributed by atoms with van der Waals surface area (Å²) in [6.45, 7) is 0.456. The molecule has 1 aromatic carbocycles. The van der Waals surface area contributed by atoms with Crippen LogP contribution in [-0.4, -0.2) is 6.54 Å². The van der Waals surface area contributed by atoms with E-state index in [2.05, 4.69) is 12.6 Å². The number of benzene rings is 1. The second kappa shape index (κ2) is 3.76. The summed E-state index contributed by atoms with van der Waals surface area (Å²) in [5, 5.41) is 0. The Balaban J connectivity index is 2.93. The number of nitrogens with two attached hydrogens (primary N) is 2. The van der Waals surface area contributed by atoms with Gasteiger partial charge in [0.2, 0.25) is 0 Å². The van der Waals surface area contributed by atoms with Gasteiger partial charge in [-0.25, -0.2) is 0 Å². The van der Waals surface area contributed by atoms with E-state index in [-0.39, 0.29) is 6.04 Å². The number of hydrogen-bond donors (Lipinski definition) is 3. The van der Waals surface area contributed by atoms with Crippen LogP contribution in [0.25, 0.3) is 0 Å². The molecule has 0 unspecified atom stereocenters. The summed E-state index contributed by atoms with van der Waals surface area (Å²) >= 11 is 4.26. The Morgan fingerprint density at radius 2 is 2.00 bits per heavy atom. The maximum absolute atomic E-state index is 5.72. The summed E-state index contributed by atoms with van der Waals surface area (Å²) in [4.78, 5) is 0.908. The molecule has 0 spiro atoms. The van der Waals surface area contributed by atoms with Crippen molar-refractivity contribution in [3.63, 3.8) is 0 Å². The van der Waals surface area contributed by atoms with Crippen LogP contribution in [0.1, 0.15) is 11.6 Å². The van der Waals surface area contributed by atoms with E-state index in [9.17, 15) is 0 Å². The van der Waals surface area contributed by atoms with Crippen molar-refractivity contribution in [3.8, 4) is 0 Å². The maximum atomic E-state index is 5.72. The van der Waals surface area contributed by atoms with Crippen molar-refractivity contribution < 1.29 is 0 Å². The number of rotatable bonds is 2. The summed E-state index contributed by atoms with van der Waals surface area (Å²) in [6.07, 6.45) is 0. The van der Waals surface area contributed by atoms with Crippen molar-refractivity contribution in [3.05, 3.63) is 29.8 Å². The van der Waals surface area contributed by atoms with Crippen molar-refractivity contribution >= 4 is 12.6 Å². The van der Waals surface area contributed by atoms with E-state index in [0.717, 1.165) is 10.5 Å². The molecule has 11 heavy (non-hydrogen) atoms. The van der Waals surface area contributed by atoms with E-state index in [1.165, 1.54) is 0 Å². The largest absolute Gasteiger partial charge is 0.329 e. The highest BCUT2D eigenvalue weighted by atomic mass is 32.1. The molecule has 0 saturated heterocycles. The van der Waals surface area contributed by atoms with Gasteiger partial charge in [-0.2, -0.15) is 0 Å². The van der Waals surface area contributed by atoms with E-state index >= 15 is 0 Å². The Labute approximate surface area is 72.0 Å². The molecule has 0 aliphatic heterocycles. The maximum Gasteiger partial charge on any atom is 0.0430 e. The molecular weight excluding hydrogens is 156 g/mol. The molecule has 3 heteroatoms. The van der Waals surface area contributed by atoms with E-state index in [4.69, 9.17) is 11.5 Å². The highest BCUT2D eigenvalue weighted by Crippen LogP contribution is 2.17. The first-order chi connectivity index (χ1) is 5.25. The van der Waals surface area contributed by atoms with Gasteiger partial charge in [0.15, 0.2) is 0 Å². The monoisotopic (exact) mass is 168 g/mol. The molecule has 4 N–H and O–H groups in total. The van der Waals surface area contributed by atoms with Gasteiger partial charge in [0.25, 0.3) is 0 Å². The third-order valence-electron chi connectivity index (χ3n) is 1.59. The zero-order chi connectivity index (χ0) is 8.27. The van der Waals surface area contributed by atoms with Gasteiger partial charge in [-0.1, -0.05) is 18.2 Å². The molecule has 1 rings (SSSR count). The third-order valence-corrected chi connectivity index (χ3v) is 2.00. The van der Waals surface area contributed by atoms with E-state index in [0.29, 0.717) is 6.54 Å². The van der Waals surface area contributed by atoms with Crippen LogP contribution in [0.2, 0.25) is 0 Å². The number of thiol groups is 1. The predicted octanol–water partition coefficient (Wildman–Crippen LogP) is 0.934. The average Bonchev–Trinajstić information content (AvgIpc) is 2.04. The van der Waals surface area contributed by atoms with Crippen LogP contribution < -0.4 is 11.5 Å². The highest BCUT2D eigenvalue weighted by molar-refractivity contribution is 7.80. The SMILES string of the molecule is NC[C@@H](N)c1ccccc1S. The molecule has 0 fully saturated rings. The Morgan fingerprint density at radius 3 is 2.55 bits per heavy atom. The Morgan fingerprint density at radius 1 is 1.36 bits per heavy atom. The van der Waals surface area contributed by atoms with Gasteiger partial charge in [0, 0.05) is 17.5 Å². The van der Waals surface area contributed by atoms with Crippen molar-refractivity contribution in [2.75, 3.05) is 6.54 Å². The molecule has 1 aromatic rings. The summed E-state index contributed by atoms with van der Waals surface area (Å²) < 4.78 is 0. The molecule has 0 aliphatic rings. The first kappa shape index (κ1) is 8.59. The number of hydrogen-bond acceptors (Lipinski definition) is 3. The molecule has 60 valence electrons. The normalized spacial score (nSPS) is 13.0. The van der Waals surface area contributed by atoms with Gasteiger partial charge >= 0.3 is 0 Å². The Kier molecular flexibility index (Phi) is 2.93. The van der Waals surface area contributed by atoms with Crippen molar-refractivity contribution in [2.24, 2.45) is 11.5 Å². The minimum atomic E-state index is -0.0938. The van der Waals surface area contributed by atoms with Crippen LogP contribution in [0.5, 0.6) is 0 Å². The van der Waals surface area contributed by atoms with Crippen LogP contribution in [0.15, 0.2) is 29.2 Å². The first-order valence-electron chi connectivity index (χ1n) is 3.49. The molecule has 0 saturated carbocycles. The smallest absolute Gasteiger partial charge is 0.0430 e. The fourth-order valence-corrected chi connectivity index (χ4v) is 1.25. The predicted molar refractivity (Wildman–Crippen MR) is 49.7 cm³/mol. The van der Waals surface area contributed by atoms with E-state index < -0.39 is 0 Å². The summed E-state index contributed by atoms with van der Waals surface area (Å²) in [6, 6.07) is 7.62. The molecule has 2 nitrogen and oxygen atoms in total. The molecule has 0 aliphatic carbocycles. The molecule has 0 radical (unpaired) electrons. The Bertz CT molecular complexity index is 237. The lowest BCUT2D eigenvalue weighted by Crippen LogP contribution is -2.21. The van der Waals surface area contributed by atoms with Crippen LogP contribution in [0.4, 0.5) is 0 Å². The van der Waals surface area contributed by atoms with Gasteiger partial charge in [-0.05, 0) is 11.6 Å². The van der Waals surface area contributed by atoms with Crippen LogP contribution >= 0.6 is 12.6 Å². The second-order valence-electron chi connectivity index (χ2n) is 2.40. The van der Waals surface area contributed by atoms with Gasteiger partial charge < -0.3 is 11.5 Å². The first-order valence-corrected chi connectivity index (χ1v) is 3.94. The highest BCUT2D eigenvalue weighted by Gasteiger charge is 2.04. The van der Waals surface area contributed by atoms with Crippen LogP contribution in [0.3, 0.4) is 0 Å². The quantitative estimate of drug-likeness (QED) is 0.575. The second-order valence-corrected chi connectivity index (χ2v) is 2.88. The van der Waals surface area contributed by atoms with Crippen molar-refractivity contribution in [1.82, 2.24) is 0 Å². The lowest BCUT2D eigenvalue weighted by Gasteiger charge is -2.10. The summed E-state index contributed by atoms with van der Waals surface area (Å²) in [7, 11) is 0. The van der Waals surface area contributed by atoms with Crippen molar-refractivity contribution in [2.45, 2.75) is 10.9 Å². The van der Waals surface area contributed by atoms with Gasteiger partial charge in [0.1, 0.15) is 0 Å². The molecule has 0 amide bonds. The van der Waals surface area contributed by atoms with Gasteiger partial charge in [-0.15, -0.1) is 12.6 Å². The molecule has 0 heterocycles.